The van der Waals surface area contributed by atoms with Gasteiger partial charge in [0.1, 0.15) is 0 Å². The molecule has 76 valence electrons. The summed E-state index contributed by atoms with van der Waals surface area (Å²) in [7, 11) is 1.63. The van der Waals surface area contributed by atoms with Crippen molar-refractivity contribution in [2.24, 2.45) is 5.92 Å². The minimum absolute atomic E-state index is 0.139. The normalized spacial score (nSPS) is 18.5. The summed E-state index contributed by atoms with van der Waals surface area (Å²) in [6.45, 7) is 2.60. The fourth-order valence-corrected chi connectivity index (χ4v) is 1.38. The zero-order chi connectivity index (χ0) is 9.52. The molecule has 0 aromatic heterocycles. The topological polar surface area (TPSA) is 47.6 Å². The van der Waals surface area contributed by atoms with Crippen LogP contribution in [0.15, 0.2) is 0 Å². The van der Waals surface area contributed by atoms with Gasteiger partial charge >= 0.3 is 0 Å². The predicted octanol–water partition coefficient (Wildman–Crippen LogP) is 0.176. The molecule has 1 saturated heterocycles. The van der Waals surface area contributed by atoms with Crippen LogP contribution in [-0.4, -0.2) is 39.4 Å². The summed E-state index contributed by atoms with van der Waals surface area (Å²) >= 11 is 0. The number of methoxy groups -OCH3 is 1. The van der Waals surface area contributed by atoms with E-state index in [9.17, 15) is 4.79 Å². The summed E-state index contributed by atoms with van der Waals surface area (Å²) in [5, 5.41) is 2.83. The molecule has 0 spiro atoms. The lowest BCUT2D eigenvalue weighted by molar-refractivity contribution is -0.128. The highest BCUT2D eigenvalue weighted by Gasteiger charge is 2.20. The van der Waals surface area contributed by atoms with Crippen molar-refractivity contribution < 1.29 is 14.3 Å². The van der Waals surface area contributed by atoms with Gasteiger partial charge in [-0.3, -0.25) is 4.79 Å². The van der Waals surface area contributed by atoms with Crippen molar-refractivity contribution in [3.8, 4) is 0 Å². The first kappa shape index (κ1) is 10.5. The SMILES string of the molecule is COCCNC(=O)C1CCOCC1. The first-order valence-corrected chi connectivity index (χ1v) is 4.69. The lowest BCUT2D eigenvalue weighted by Crippen LogP contribution is -2.35. The van der Waals surface area contributed by atoms with Gasteiger partial charge in [-0.2, -0.15) is 0 Å². The third-order valence-corrected chi connectivity index (χ3v) is 2.20. The van der Waals surface area contributed by atoms with Crippen LogP contribution in [0.2, 0.25) is 0 Å². The molecule has 0 saturated carbocycles. The fraction of sp³-hybridized carbons (Fsp3) is 0.889. The van der Waals surface area contributed by atoms with Crippen molar-refractivity contribution in [2.75, 3.05) is 33.5 Å². The summed E-state index contributed by atoms with van der Waals surface area (Å²) < 4.78 is 10.0. The maximum atomic E-state index is 11.5. The van der Waals surface area contributed by atoms with Gasteiger partial charge in [-0.15, -0.1) is 0 Å². The van der Waals surface area contributed by atoms with E-state index in [-0.39, 0.29) is 11.8 Å². The Morgan fingerprint density at radius 2 is 2.23 bits per heavy atom. The van der Waals surface area contributed by atoms with Crippen molar-refractivity contribution >= 4 is 5.91 Å². The molecule has 1 rings (SSSR count). The number of hydrogen-bond acceptors (Lipinski definition) is 3. The molecule has 1 amide bonds. The molecule has 1 aliphatic heterocycles. The molecule has 0 aromatic rings. The summed E-state index contributed by atoms with van der Waals surface area (Å²) in [6.07, 6.45) is 1.69. The van der Waals surface area contributed by atoms with Gasteiger partial charge in [0.25, 0.3) is 0 Å². The van der Waals surface area contributed by atoms with Crippen LogP contribution in [0.3, 0.4) is 0 Å². The van der Waals surface area contributed by atoms with Gasteiger partial charge in [-0.25, -0.2) is 0 Å². The number of carbonyl (C=O) groups excluding carboxylic acids is 1. The highest BCUT2D eigenvalue weighted by atomic mass is 16.5. The Hall–Kier alpha value is -0.610. The highest BCUT2D eigenvalue weighted by molar-refractivity contribution is 5.78. The Balaban J connectivity index is 2.13. The number of ether oxygens (including phenoxy) is 2. The second kappa shape index (κ2) is 5.94. The zero-order valence-corrected chi connectivity index (χ0v) is 8.04. The van der Waals surface area contributed by atoms with E-state index in [1.807, 2.05) is 0 Å². The lowest BCUT2D eigenvalue weighted by atomic mass is 9.99. The van der Waals surface area contributed by atoms with Crippen LogP contribution < -0.4 is 5.32 Å². The monoisotopic (exact) mass is 187 g/mol. The first-order chi connectivity index (χ1) is 6.34. The second-order valence-corrected chi connectivity index (χ2v) is 3.17. The Kier molecular flexibility index (Phi) is 4.78. The molecule has 1 aliphatic rings. The van der Waals surface area contributed by atoms with Crippen molar-refractivity contribution in [3.05, 3.63) is 0 Å². The van der Waals surface area contributed by atoms with Crippen molar-refractivity contribution in [1.29, 1.82) is 0 Å². The van der Waals surface area contributed by atoms with E-state index in [4.69, 9.17) is 9.47 Å². The van der Waals surface area contributed by atoms with Gasteiger partial charge in [0.2, 0.25) is 5.91 Å². The average Bonchev–Trinajstić information content (AvgIpc) is 2.19. The maximum absolute atomic E-state index is 11.5. The number of nitrogens with one attached hydrogen (secondary N) is 1. The van der Waals surface area contributed by atoms with Gasteiger partial charge in [-0.1, -0.05) is 0 Å². The minimum Gasteiger partial charge on any atom is -0.383 e. The molecular formula is C9H17NO3. The third-order valence-electron chi connectivity index (χ3n) is 2.20. The van der Waals surface area contributed by atoms with E-state index in [0.717, 1.165) is 12.8 Å². The average molecular weight is 187 g/mol. The third kappa shape index (κ3) is 3.74. The Bertz CT molecular complexity index is 155. The fourth-order valence-electron chi connectivity index (χ4n) is 1.38. The standard InChI is InChI=1S/C9H17NO3/c1-12-7-4-10-9(11)8-2-5-13-6-3-8/h8H,2-7H2,1H3,(H,10,11). The van der Waals surface area contributed by atoms with Crippen molar-refractivity contribution in [2.45, 2.75) is 12.8 Å². The molecule has 13 heavy (non-hydrogen) atoms. The smallest absolute Gasteiger partial charge is 0.223 e. The summed E-state index contributed by atoms with van der Waals surface area (Å²) in [5.74, 6) is 0.283. The first-order valence-electron chi connectivity index (χ1n) is 4.69. The molecule has 0 radical (unpaired) electrons. The van der Waals surface area contributed by atoms with E-state index in [1.165, 1.54) is 0 Å². The van der Waals surface area contributed by atoms with Crippen molar-refractivity contribution in [3.63, 3.8) is 0 Å². The summed E-state index contributed by atoms with van der Waals surface area (Å²) in [4.78, 5) is 11.5. The summed E-state index contributed by atoms with van der Waals surface area (Å²) in [6, 6.07) is 0. The molecule has 0 atom stereocenters. The predicted molar refractivity (Wildman–Crippen MR) is 48.4 cm³/mol. The Morgan fingerprint density at radius 3 is 2.85 bits per heavy atom. The molecule has 1 N–H and O–H groups in total. The number of carbonyl (C=O) groups is 1. The number of rotatable bonds is 4. The van der Waals surface area contributed by atoms with Crippen LogP contribution in [0.25, 0.3) is 0 Å². The molecule has 0 aromatic carbocycles. The van der Waals surface area contributed by atoms with E-state index in [1.54, 1.807) is 7.11 Å². The molecule has 4 nitrogen and oxygen atoms in total. The van der Waals surface area contributed by atoms with Crippen LogP contribution >= 0.6 is 0 Å². The highest BCUT2D eigenvalue weighted by Crippen LogP contribution is 2.14. The minimum atomic E-state index is 0.139. The Labute approximate surface area is 78.6 Å². The van der Waals surface area contributed by atoms with Gasteiger partial charge in [0.05, 0.1) is 6.61 Å². The Morgan fingerprint density at radius 1 is 1.54 bits per heavy atom. The van der Waals surface area contributed by atoms with E-state index >= 15 is 0 Å². The molecule has 0 bridgehead atoms. The molecule has 4 heteroatoms. The van der Waals surface area contributed by atoms with Gasteiger partial charge < -0.3 is 14.8 Å². The lowest BCUT2D eigenvalue weighted by Gasteiger charge is -2.20. The zero-order valence-electron chi connectivity index (χ0n) is 8.04. The molecular weight excluding hydrogens is 170 g/mol. The van der Waals surface area contributed by atoms with Crippen LogP contribution in [0.1, 0.15) is 12.8 Å². The van der Waals surface area contributed by atoms with Crippen LogP contribution in [0.4, 0.5) is 0 Å². The van der Waals surface area contributed by atoms with Crippen molar-refractivity contribution in [1.82, 2.24) is 5.32 Å². The van der Waals surface area contributed by atoms with Gasteiger partial charge in [0.15, 0.2) is 0 Å². The molecule has 0 unspecified atom stereocenters. The summed E-state index contributed by atoms with van der Waals surface area (Å²) in [5.41, 5.74) is 0. The number of hydrogen-bond donors (Lipinski definition) is 1. The van der Waals surface area contributed by atoms with E-state index < -0.39 is 0 Å². The van der Waals surface area contributed by atoms with Gasteiger partial charge in [0, 0.05) is 32.8 Å². The quantitative estimate of drug-likeness (QED) is 0.638. The van der Waals surface area contributed by atoms with E-state index in [2.05, 4.69) is 5.32 Å². The van der Waals surface area contributed by atoms with E-state index in [0.29, 0.717) is 26.4 Å². The second-order valence-electron chi connectivity index (χ2n) is 3.17. The largest absolute Gasteiger partial charge is 0.383 e. The molecule has 1 fully saturated rings. The maximum Gasteiger partial charge on any atom is 0.223 e. The molecule has 1 heterocycles. The van der Waals surface area contributed by atoms with Crippen LogP contribution in [-0.2, 0) is 14.3 Å². The molecule has 0 aliphatic carbocycles. The van der Waals surface area contributed by atoms with Crippen LogP contribution in [0.5, 0.6) is 0 Å². The van der Waals surface area contributed by atoms with Gasteiger partial charge in [-0.05, 0) is 12.8 Å². The number of amides is 1. The van der Waals surface area contributed by atoms with Crippen LogP contribution in [0, 0.1) is 5.92 Å².